The molecule has 3 rings (SSSR count). The number of nitrogens with one attached hydrogen (secondary N) is 3. The number of sulfone groups is 1. The van der Waals surface area contributed by atoms with E-state index >= 15 is 0 Å². The number of urea groups is 1. The summed E-state index contributed by atoms with van der Waals surface area (Å²) in [7, 11) is -3.21. The van der Waals surface area contributed by atoms with Crippen LogP contribution in [0.2, 0.25) is 0 Å². The summed E-state index contributed by atoms with van der Waals surface area (Å²) in [6, 6.07) is 4.88. The van der Waals surface area contributed by atoms with Crippen LogP contribution in [0.15, 0.2) is 18.2 Å². The Kier molecular flexibility index (Phi) is 5.22. The fraction of sp³-hybridized carbons (Fsp3) is 0.556. The number of benzene rings is 1. The van der Waals surface area contributed by atoms with E-state index in [1.54, 1.807) is 0 Å². The number of fused-ring (bicyclic) bond motifs is 1. The van der Waals surface area contributed by atoms with Gasteiger partial charge in [0, 0.05) is 12.1 Å². The molecule has 7 nitrogen and oxygen atoms in total. The normalized spacial score (nSPS) is 26.1. The van der Waals surface area contributed by atoms with E-state index in [4.69, 9.17) is 0 Å². The topological polar surface area (TPSA) is 104 Å². The van der Waals surface area contributed by atoms with Crippen molar-refractivity contribution in [1.29, 1.82) is 0 Å². The van der Waals surface area contributed by atoms with Gasteiger partial charge in [0.2, 0.25) is 5.91 Å². The van der Waals surface area contributed by atoms with Crippen molar-refractivity contribution in [2.75, 3.05) is 11.1 Å². The van der Waals surface area contributed by atoms with Crippen LogP contribution < -0.4 is 16.0 Å². The average molecular weight is 379 g/mol. The summed E-state index contributed by atoms with van der Waals surface area (Å²) in [4.78, 5) is 23.5. The molecule has 3 N–H and O–H groups in total. The number of carbonyl (C=O) groups excluding carboxylic acids is 2. The number of hydrogen-bond acceptors (Lipinski definition) is 4. The number of rotatable bonds is 6. The van der Waals surface area contributed by atoms with E-state index in [2.05, 4.69) is 16.0 Å². The first-order valence-electron chi connectivity index (χ1n) is 8.92. The molecule has 0 radical (unpaired) electrons. The minimum atomic E-state index is -3.21. The predicted octanol–water partition coefficient (Wildman–Crippen LogP) is 1.65. The van der Waals surface area contributed by atoms with Gasteiger partial charge in [-0.15, -0.1) is 0 Å². The van der Waals surface area contributed by atoms with Crippen molar-refractivity contribution in [2.24, 2.45) is 0 Å². The minimum Gasteiger partial charge on any atom is -0.332 e. The van der Waals surface area contributed by atoms with E-state index < -0.39 is 15.1 Å². The molecule has 2 fully saturated rings. The molecule has 2 heterocycles. The Morgan fingerprint density at radius 3 is 2.73 bits per heavy atom. The molecule has 1 aromatic carbocycles. The van der Waals surface area contributed by atoms with Gasteiger partial charge in [0.15, 0.2) is 9.84 Å². The lowest BCUT2D eigenvalue weighted by Crippen LogP contribution is -2.39. The third-order valence-corrected chi connectivity index (χ3v) is 7.40. The number of hydrogen-bond donors (Lipinski definition) is 3. The fourth-order valence-electron chi connectivity index (χ4n) is 3.80. The Labute approximate surface area is 153 Å². The van der Waals surface area contributed by atoms with Gasteiger partial charge in [0.25, 0.3) is 0 Å². The van der Waals surface area contributed by atoms with Gasteiger partial charge in [-0.3, -0.25) is 4.79 Å². The predicted molar refractivity (Wildman–Crippen MR) is 99.8 cm³/mol. The SMILES string of the molecule is Cc1ccc(NC(=O)CCCC[C@@H]2[C@H]3NC(=O)N[C@@H]3CS2(=O)=O)c(C)c1. The van der Waals surface area contributed by atoms with Crippen molar-refractivity contribution < 1.29 is 18.0 Å². The van der Waals surface area contributed by atoms with E-state index in [0.29, 0.717) is 25.7 Å². The van der Waals surface area contributed by atoms with Gasteiger partial charge in [0.05, 0.1) is 23.1 Å². The molecule has 1 aromatic rings. The van der Waals surface area contributed by atoms with Crippen LogP contribution in [-0.4, -0.2) is 43.4 Å². The molecule has 3 amide bonds. The van der Waals surface area contributed by atoms with Gasteiger partial charge in [-0.05, 0) is 38.3 Å². The summed E-state index contributed by atoms with van der Waals surface area (Å²) < 4.78 is 24.5. The largest absolute Gasteiger partial charge is 0.332 e. The summed E-state index contributed by atoms with van der Waals surface area (Å²) >= 11 is 0. The van der Waals surface area contributed by atoms with E-state index in [0.717, 1.165) is 16.8 Å². The quantitative estimate of drug-likeness (QED) is 0.516. The molecule has 0 saturated carbocycles. The molecule has 0 aromatic heterocycles. The highest BCUT2D eigenvalue weighted by Crippen LogP contribution is 2.28. The van der Waals surface area contributed by atoms with Crippen LogP contribution in [0.25, 0.3) is 0 Å². The summed E-state index contributed by atoms with van der Waals surface area (Å²) in [5.74, 6) is -0.0752. The van der Waals surface area contributed by atoms with Crippen molar-refractivity contribution in [3.63, 3.8) is 0 Å². The molecular weight excluding hydrogens is 354 g/mol. The van der Waals surface area contributed by atoms with Crippen molar-refractivity contribution in [2.45, 2.75) is 56.9 Å². The average Bonchev–Trinajstić information content (AvgIpc) is 2.99. The maximum atomic E-state index is 12.2. The molecule has 26 heavy (non-hydrogen) atoms. The second-order valence-corrected chi connectivity index (χ2v) is 9.49. The lowest BCUT2D eigenvalue weighted by Gasteiger charge is -2.16. The molecule has 0 spiro atoms. The number of anilines is 1. The van der Waals surface area contributed by atoms with Crippen LogP contribution in [0, 0.1) is 13.8 Å². The van der Waals surface area contributed by atoms with Crippen LogP contribution in [0.3, 0.4) is 0 Å². The summed E-state index contributed by atoms with van der Waals surface area (Å²) in [6.45, 7) is 3.95. The molecule has 2 aliphatic rings. The van der Waals surface area contributed by atoms with Gasteiger partial charge in [-0.25, -0.2) is 13.2 Å². The molecular formula is C18H25N3O4S. The number of carbonyl (C=O) groups is 2. The van der Waals surface area contributed by atoms with Gasteiger partial charge < -0.3 is 16.0 Å². The fourth-order valence-corrected chi connectivity index (χ4v) is 6.07. The van der Waals surface area contributed by atoms with Gasteiger partial charge in [-0.2, -0.15) is 0 Å². The molecule has 3 atom stereocenters. The zero-order valence-electron chi connectivity index (χ0n) is 15.0. The first kappa shape index (κ1) is 18.7. The Hall–Kier alpha value is -2.09. The highest BCUT2D eigenvalue weighted by Gasteiger charge is 2.51. The maximum absolute atomic E-state index is 12.2. The Morgan fingerprint density at radius 2 is 2.00 bits per heavy atom. The van der Waals surface area contributed by atoms with Gasteiger partial charge in [-0.1, -0.05) is 24.1 Å². The molecule has 8 heteroatoms. The molecule has 0 unspecified atom stereocenters. The van der Waals surface area contributed by atoms with E-state index in [-0.39, 0.29) is 29.8 Å². The third kappa shape index (κ3) is 4.00. The number of aryl methyl sites for hydroxylation is 2. The zero-order valence-corrected chi connectivity index (χ0v) is 15.9. The van der Waals surface area contributed by atoms with Crippen LogP contribution in [0.5, 0.6) is 0 Å². The van der Waals surface area contributed by atoms with Crippen LogP contribution in [0.4, 0.5) is 10.5 Å². The third-order valence-electron chi connectivity index (χ3n) is 5.12. The second-order valence-electron chi connectivity index (χ2n) is 7.23. The molecule has 142 valence electrons. The number of unbranched alkanes of at least 4 members (excludes halogenated alkanes) is 1. The van der Waals surface area contributed by atoms with Crippen molar-refractivity contribution in [3.8, 4) is 0 Å². The smallest absolute Gasteiger partial charge is 0.315 e. The van der Waals surface area contributed by atoms with E-state index in [9.17, 15) is 18.0 Å². The first-order chi connectivity index (χ1) is 12.3. The van der Waals surface area contributed by atoms with Crippen LogP contribution in [0.1, 0.15) is 36.8 Å². The molecule has 0 bridgehead atoms. The van der Waals surface area contributed by atoms with Crippen molar-refractivity contribution in [3.05, 3.63) is 29.3 Å². The highest BCUT2D eigenvalue weighted by atomic mass is 32.2. The Balaban J connectivity index is 1.46. The van der Waals surface area contributed by atoms with Gasteiger partial charge in [0.1, 0.15) is 0 Å². The van der Waals surface area contributed by atoms with E-state index in [1.807, 2.05) is 32.0 Å². The second kappa shape index (κ2) is 7.26. The number of amides is 3. The maximum Gasteiger partial charge on any atom is 0.315 e. The highest BCUT2D eigenvalue weighted by molar-refractivity contribution is 7.92. The monoisotopic (exact) mass is 379 g/mol. The summed E-state index contributed by atoms with van der Waals surface area (Å²) in [5.41, 5.74) is 2.97. The van der Waals surface area contributed by atoms with Crippen LogP contribution >= 0.6 is 0 Å². The van der Waals surface area contributed by atoms with E-state index in [1.165, 1.54) is 0 Å². The molecule has 0 aliphatic carbocycles. The van der Waals surface area contributed by atoms with Crippen molar-refractivity contribution in [1.82, 2.24) is 10.6 Å². The Bertz CT molecular complexity index is 822. The first-order valence-corrected chi connectivity index (χ1v) is 10.6. The Morgan fingerprint density at radius 1 is 1.23 bits per heavy atom. The lowest BCUT2D eigenvalue weighted by atomic mass is 10.0. The zero-order chi connectivity index (χ0) is 18.9. The van der Waals surface area contributed by atoms with Crippen LogP contribution in [-0.2, 0) is 14.6 Å². The van der Waals surface area contributed by atoms with Crippen molar-refractivity contribution >= 4 is 27.5 Å². The standard InChI is InChI=1S/C18H25N3O4S/c1-11-7-8-13(12(2)9-11)19-16(22)6-4-3-5-15-17-14(10-26(15,24)25)20-18(23)21-17/h7-9,14-15,17H,3-6,10H2,1-2H3,(H,19,22)(H2,20,21,23)/t14-,15-,17+/m1/s1. The summed E-state index contributed by atoms with van der Waals surface area (Å²) in [5, 5.41) is 7.70. The van der Waals surface area contributed by atoms with Gasteiger partial charge >= 0.3 is 6.03 Å². The minimum absolute atomic E-state index is 0.00569. The summed E-state index contributed by atoms with van der Waals surface area (Å²) in [6.07, 6.45) is 2.05. The lowest BCUT2D eigenvalue weighted by molar-refractivity contribution is -0.116. The molecule has 2 aliphatic heterocycles. The molecule has 2 saturated heterocycles.